The van der Waals surface area contributed by atoms with E-state index in [2.05, 4.69) is 13.8 Å². The van der Waals surface area contributed by atoms with Crippen LogP contribution < -0.4 is 0 Å². The average molecular weight is 385 g/mol. The molecule has 4 N–H and O–H groups in total. The first-order valence-corrected chi connectivity index (χ1v) is 10.8. The number of aliphatic hydroxyl groups excluding tert-OH is 3. The van der Waals surface area contributed by atoms with Crippen molar-refractivity contribution in [1.82, 2.24) is 0 Å². The second-order valence-corrected chi connectivity index (χ2v) is 8.39. The molecule has 1 aliphatic rings. The second kappa shape index (κ2) is 13.3. The van der Waals surface area contributed by atoms with Crippen molar-refractivity contribution in [2.75, 3.05) is 0 Å². The Hall–Kier alpha value is -0.910. The van der Waals surface area contributed by atoms with Gasteiger partial charge in [0, 0.05) is 18.8 Å². The van der Waals surface area contributed by atoms with Crippen LogP contribution in [-0.4, -0.2) is 44.7 Å². The van der Waals surface area contributed by atoms with Crippen LogP contribution in [-0.2, 0) is 4.79 Å². The van der Waals surface area contributed by atoms with Gasteiger partial charge in [0.2, 0.25) is 0 Å². The lowest BCUT2D eigenvalue weighted by atomic mass is 9.87. The maximum absolute atomic E-state index is 10.5. The molecule has 0 aromatic carbocycles. The van der Waals surface area contributed by atoms with E-state index < -0.39 is 24.3 Å². The van der Waals surface area contributed by atoms with E-state index in [0.717, 1.165) is 38.5 Å². The van der Waals surface area contributed by atoms with E-state index in [1.165, 1.54) is 12.8 Å². The fourth-order valence-electron chi connectivity index (χ4n) is 4.20. The summed E-state index contributed by atoms with van der Waals surface area (Å²) in [7, 11) is 0. The number of carboxylic acid groups (broad SMARTS) is 1. The summed E-state index contributed by atoms with van der Waals surface area (Å²) in [5.41, 5.74) is 0. The van der Waals surface area contributed by atoms with E-state index in [4.69, 9.17) is 5.11 Å². The van der Waals surface area contributed by atoms with Crippen LogP contribution in [0.1, 0.15) is 84.5 Å². The minimum absolute atomic E-state index is 0.0143. The molecule has 27 heavy (non-hydrogen) atoms. The van der Waals surface area contributed by atoms with Gasteiger partial charge in [-0.05, 0) is 31.1 Å². The summed E-state index contributed by atoms with van der Waals surface area (Å²) in [6, 6.07) is 0. The van der Waals surface area contributed by atoms with Crippen LogP contribution in [0.5, 0.6) is 0 Å². The van der Waals surface area contributed by atoms with Crippen molar-refractivity contribution in [3.8, 4) is 0 Å². The normalized spacial score (nSPS) is 27.9. The Labute approximate surface area is 164 Å². The first-order chi connectivity index (χ1) is 12.8. The van der Waals surface area contributed by atoms with Gasteiger partial charge in [0.05, 0.1) is 18.3 Å². The number of unbranched alkanes of at least 4 members (excludes halogenated alkanes) is 4. The molecule has 0 aliphatic heterocycles. The van der Waals surface area contributed by atoms with Gasteiger partial charge in [-0.2, -0.15) is 0 Å². The zero-order chi connectivity index (χ0) is 20.2. The molecule has 5 heteroatoms. The quantitative estimate of drug-likeness (QED) is 0.269. The van der Waals surface area contributed by atoms with Crippen LogP contribution in [0.25, 0.3) is 0 Å². The number of hydrogen-bond acceptors (Lipinski definition) is 4. The Bertz CT molecular complexity index is 436. The molecular weight excluding hydrogens is 344 g/mol. The smallest absolute Gasteiger partial charge is 0.303 e. The third-order valence-corrected chi connectivity index (χ3v) is 5.84. The second-order valence-electron chi connectivity index (χ2n) is 8.39. The van der Waals surface area contributed by atoms with Crippen LogP contribution in [0.2, 0.25) is 0 Å². The van der Waals surface area contributed by atoms with E-state index in [0.29, 0.717) is 18.8 Å². The minimum atomic E-state index is -0.753. The van der Waals surface area contributed by atoms with Gasteiger partial charge < -0.3 is 20.4 Å². The maximum atomic E-state index is 10.5. The Morgan fingerprint density at radius 2 is 1.81 bits per heavy atom. The molecule has 0 aromatic rings. The summed E-state index contributed by atoms with van der Waals surface area (Å²) in [6.07, 6.45) is 11.2. The van der Waals surface area contributed by atoms with Crippen molar-refractivity contribution >= 4 is 5.97 Å². The highest BCUT2D eigenvalue weighted by Crippen LogP contribution is 2.37. The van der Waals surface area contributed by atoms with Crippen molar-refractivity contribution in [2.45, 2.75) is 103 Å². The Balaban J connectivity index is 2.42. The van der Waals surface area contributed by atoms with Crippen LogP contribution >= 0.6 is 0 Å². The van der Waals surface area contributed by atoms with E-state index >= 15 is 0 Å². The highest BCUT2D eigenvalue weighted by Gasteiger charge is 2.39. The summed E-state index contributed by atoms with van der Waals surface area (Å²) in [4.78, 5) is 10.5. The van der Waals surface area contributed by atoms with Crippen molar-refractivity contribution in [2.24, 2.45) is 17.8 Å². The lowest BCUT2D eigenvalue weighted by Gasteiger charge is -2.21. The van der Waals surface area contributed by atoms with Crippen molar-refractivity contribution in [1.29, 1.82) is 0 Å². The van der Waals surface area contributed by atoms with Crippen molar-refractivity contribution < 1.29 is 25.2 Å². The van der Waals surface area contributed by atoms with Crippen molar-refractivity contribution in [3.63, 3.8) is 0 Å². The molecule has 0 spiro atoms. The number of carboxylic acids is 1. The molecule has 0 bridgehead atoms. The fourth-order valence-corrected chi connectivity index (χ4v) is 4.20. The first kappa shape index (κ1) is 24.1. The molecule has 1 saturated carbocycles. The standard InChI is InChI=1S/C22H40O5/c1-3-4-9-16(2)14-17(23)12-13-19-18(20(24)15-21(19)25)10-7-5-6-8-11-22(26)27/h12-13,16-21,23-25H,3-11,14-15H2,1-2H3,(H,26,27)/b13-12+. The lowest BCUT2D eigenvalue weighted by Crippen LogP contribution is -2.21. The average Bonchev–Trinajstić information content (AvgIpc) is 2.87. The van der Waals surface area contributed by atoms with Gasteiger partial charge in [0.15, 0.2) is 0 Å². The molecule has 1 aliphatic carbocycles. The fraction of sp³-hybridized carbons (Fsp3) is 0.864. The zero-order valence-corrected chi connectivity index (χ0v) is 17.1. The highest BCUT2D eigenvalue weighted by atomic mass is 16.4. The van der Waals surface area contributed by atoms with E-state index in [-0.39, 0.29) is 18.3 Å². The molecule has 0 amide bonds. The van der Waals surface area contributed by atoms with Gasteiger partial charge in [-0.3, -0.25) is 4.79 Å². The molecule has 0 radical (unpaired) electrons. The summed E-state index contributed by atoms with van der Waals surface area (Å²) < 4.78 is 0. The molecular formula is C22H40O5. The van der Waals surface area contributed by atoms with Crippen LogP contribution in [0.4, 0.5) is 0 Å². The SMILES string of the molecule is CCCCC(C)CC(O)/C=C/C1C(O)CC(O)C1CCCCCCC(=O)O. The van der Waals surface area contributed by atoms with Gasteiger partial charge in [0.1, 0.15) is 0 Å². The summed E-state index contributed by atoms with van der Waals surface area (Å²) in [5.74, 6) is -0.373. The number of aliphatic hydroxyl groups is 3. The van der Waals surface area contributed by atoms with E-state index in [1.807, 2.05) is 6.08 Å². The highest BCUT2D eigenvalue weighted by molar-refractivity contribution is 5.66. The van der Waals surface area contributed by atoms with Crippen LogP contribution in [0.3, 0.4) is 0 Å². The Kier molecular flexibility index (Phi) is 11.9. The molecule has 5 nitrogen and oxygen atoms in total. The van der Waals surface area contributed by atoms with Gasteiger partial charge in [0.25, 0.3) is 0 Å². The van der Waals surface area contributed by atoms with Gasteiger partial charge in [-0.25, -0.2) is 0 Å². The topological polar surface area (TPSA) is 98.0 Å². The molecule has 0 saturated heterocycles. The molecule has 0 heterocycles. The largest absolute Gasteiger partial charge is 0.481 e. The van der Waals surface area contributed by atoms with E-state index in [9.17, 15) is 20.1 Å². The molecule has 6 atom stereocenters. The van der Waals surface area contributed by atoms with Gasteiger partial charge >= 0.3 is 5.97 Å². The van der Waals surface area contributed by atoms with E-state index in [1.54, 1.807) is 6.08 Å². The number of carbonyl (C=O) groups is 1. The summed E-state index contributed by atoms with van der Waals surface area (Å²) in [6.45, 7) is 4.33. The first-order valence-electron chi connectivity index (χ1n) is 10.8. The molecule has 1 rings (SSSR count). The van der Waals surface area contributed by atoms with Crippen LogP contribution in [0.15, 0.2) is 12.2 Å². The number of rotatable bonds is 14. The van der Waals surface area contributed by atoms with Crippen LogP contribution in [0, 0.1) is 17.8 Å². The maximum Gasteiger partial charge on any atom is 0.303 e. The molecule has 0 aromatic heterocycles. The number of aliphatic carboxylic acids is 1. The van der Waals surface area contributed by atoms with Crippen molar-refractivity contribution in [3.05, 3.63) is 12.2 Å². The molecule has 6 unspecified atom stereocenters. The predicted molar refractivity (Wildman–Crippen MR) is 107 cm³/mol. The third-order valence-electron chi connectivity index (χ3n) is 5.84. The van der Waals surface area contributed by atoms with Gasteiger partial charge in [-0.1, -0.05) is 64.5 Å². The lowest BCUT2D eigenvalue weighted by molar-refractivity contribution is -0.137. The van der Waals surface area contributed by atoms with Gasteiger partial charge in [-0.15, -0.1) is 0 Å². The third kappa shape index (κ3) is 9.72. The monoisotopic (exact) mass is 384 g/mol. The summed E-state index contributed by atoms with van der Waals surface area (Å²) >= 11 is 0. The zero-order valence-electron chi connectivity index (χ0n) is 17.1. The minimum Gasteiger partial charge on any atom is -0.481 e. The number of hydrogen-bond donors (Lipinski definition) is 4. The Morgan fingerprint density at radius 3 is 2.48 bits per heavy atom. The predicted octanol–water partition coefficient (Wildman–Crippen LogP) is 3.90. The molecule has 1 fully saturated rings. The summed E-state index contributed by atoms with van der Waals surface area (Å²) in [5, 5.41) is 39.5. The molecule has 158 valence electrons. The Morgan fingerprint density at radius 1 is 1.11 bits per heavy atom.